The largest absolute Gasteiger partial charge is 0.573 e. The number of carbonyl (C=O) groups excluding carboxylic acids is 1. The van der Waals surface area contributed by atoms with Crippen molar-refractivity contribution in [2.24, 2.45) is 4.99 Å². The topological polar surface area (TPSA) is 72.0 Å². The number of ether oxygens (including phenoxy) is 2. The first kappa shape index (κ1) is 25.3. The highest BCUT2D eigenvalue weighted by Crippen LogP contribution is 2.26. The van der Waals surface area contributed by atoms with Crippen molar-refractivity contribution in [3.05, 3.63) is 29.8 Å². The first-order valence-corrected chi connectivity index (χ1v) is 8.37. The number of nitrogens with zero attached hydrogens (tertiary/aromatic N) is 1. The van der Waals surface area contributed by atoms with Gasteiger partial charge in [0, 0.05) is 25.1 Å². The molecule has 154 valence electrons. The number of para-hydroxylation sites is 1. The molecule has 0 aliphatic heterocycles. The lowest BCUT2D eigenvalue weighted by atomic mass is 10.2. The third kappa shape index (κ3) is 11.6. The van der Waals surface area contributed by atoms with E-state index in [1.54, 1.807) is 13.0 Å². The summed E-state index contributed by atoms with van der Waals surface area (Å²) in [6.07, 6.45) is -3.92. The van der Waals surface area contributed by atoms with Gasteiger partial charge in [-0.3, -0.25) is 4.79 Å². The second kappa shape index (κ2) is 13.4. The van der Waals surface area contributed by atoms with Crippen molar-refractivity contribution in [3.63, 3.8) is 0 Å². The zero-order valence-electron chi connectivity index (χ0n) is 15.3. The fourth-order valence-electron chi connectivity index (χ4n) is 2.04. The fraction of sp³-hybridized carbons (Fsp3) is 0.529. The van der Waals surface area contributed by atoms with E-state index >= 15 is 0 Å². The highest BCUT2D eigenvalue weighted by Gasteiger charge is 2.31. The zero-order chi connectivity index (χ0) is 19.4. The Morgan fingerprint density at radius 1 is 1.19 bits per heavy atom. The molecule has 0 aliphatic carbocycles. The molecule has 0 spiro atoms. The Kier molecular flexibility index (Phi) is 12.6. The van der Waals surface area contributed by atoms with Gasteiger partial charge in [0.1, 0.15) is 5.75 Å². The normalized spacial score (nSPS) is 11.4. The number of rotatable bonds is 9. The van der Waals surface area contributed by atoms with Gasteiger partial charge < -0.3 is 20.1 Å². The molecule has 0 atom stereocenters. The molecule has 0 saturated carbocycles. The second-order valence-corrected chi connectivity index (χ2v) is 5.19. The maximum atomic E-state index is 12.4. The number of alkyl halides is 3. The van der Waals surface area contributed by atoms with Crippen molar-refractivity contribution in [2.75, 3.05) is 19.7 Å². The molecule has 2 N–H and O–H groups in total. The number of carbonyl (C=O) groups is 1. The highest BCUT2D eigenvalue weighted by atomic mass is 127. The average Bonchev–Trinajstić information content (AvgIpc) is 2.56. The molecule has 0 bridgehead atoms. The summed E-state index contributed by atoms with van der Waals surface area (Å²) in [6.45, 7) is 5.04. The Bertz CT molecular complexity index is 598. The number of hydrogen-bond acceptors (Lipinski definition) is 4. The quantitative estimate of drug-likeness (QED) is 0.177. The van der Waals surface area contributed by atoms with Gasteiger partial charge in [-0.15, -0.1) is 37.1 Å². The summed E-state index contributed by atoms with van der Waals surface area (Å²) in [6, 6.07) is 5.85. The Morgan fingerprint density at radius 3 is 2.52 bits per heavy atom. The molecule has 0 aromatic heterocycles. The molecule has 0 aliphatic rings. The van der Waals surface area contributed by atoms with Gasteiger partial charge in [-0.1, -0.05) is 18.2 Å². The highest BCUT2D eigenvalue weighted by molar-refractivity contribution is 14.0. The minimum Gasteiger partial charge on any atom is -0.466 e. The number of guanidine groups is 1. The van der Waals surface area contributed by atoms with Gasteiger partial charge >= 0.3 is 12.3 Å². The number of hydrogen-bond donors (Lipinski definition) is 2. The smallest absolute Gasteiger partial charge is 0.466 e. The lowest BCUT2D eigenvalue weighted by molar-refractivity contribution is -0.274. The van der Waals surface area contributed by atoms with Crippen molar-refractivity contribution in [3.8, 4) is 5.75 Å². The van der Waals surface area contributed by atoms with E-state index in [1.807, 2.05) is 6.92 Å². The van der Waals surface area contributed by atoms with Gasteiger partial charge in [0.15, 0.2) is 5.96 Å². The minimum atomic E-state index is -4.75. The Hall–Kier alpha value is -1.72. The van der Waals surface area contributed by atoms with Crippen molar-refractivity contribution in [1.82, 2.24) is 10.6 Å². The van der Waals surface area contributed by atoms with Crippen molar-refractivity contribution in [2.45, 2.75) is 39.6 Å². The SMILES string of the molecule is CCNC(=NCc1ccccc1OC(F)(F)F)NCCCC(=O)OCC.I. The van der Waals surface area contributed by atoms with E-state index in [1.165, 1.54) is 18.2 Å². The molecule has 6 nitrogen and oxygen atoms in total. The van der Waals surface area contributed by atoms with Crippen molar-refractivity contribution >= 4 is 35.9 Å². The van der Waals surface area contributed by atoms with E-state index in [2.05, 4.69) is 20.4 Å². The van der Waals surface area contributed by atoms with E-state index in [9.17, 15) is 18.0 Å². The van der Waals surface area contributed by atoms with Crippen LogP contribution >= 0.6 is 24.0 Å². The molecule has 1 aromatic rings. The van der Waals surface area contributed by atoms with Crippen LogP contribution in [0.2, 0.25) is 0 Å². The summed E-state index contributed by atoms with van der Waals surface area (Å²) >= 11 is 0. The fourth-order valence-corrected chi connectivity index (χ4v) is 2.04. The first-order valence-electron chi connectivity index (χ1n) is 8.37. The van der Waals surface area contributed by atoms with Gasteiger partial charge in [0.2, 0.25) is 0 Å². The number of esters is 1. The third-order valence-electron chi connectivity index (χ3n) is 3.11. The van der Waals surface area contributed by atoms with Crippen LogP contribution in [0.25, 0.3) is 0 Å². The maximum absolute atomic E-state index is 12.4. The standard InChI is InChI=1S/C17H24F3N3O3.HI/c1-3-21-16(22-11-7-10-15(24)25-4-2)23-12-13-8-5-6-9-14(13)26-17(18,19)20;/h5-6,8-9H,3-4,7,10-12H2,1-2H3,(H2,21,22,23);1H. The van der Waals surface area contributed by atoms with Crippen LogP contribution in [0.3, 0.4) is 0 Å². The molecule has 0 amide bonds. The van der Waals surface area contributed by atoms with E-state index in [-0.39, 0.29) is 48.7 Å². The van der Waals surface area contributed by atoms with Crippen LogP contribution in [0.1, 0.15) is 32.3 Å². The van der Waals surface area contributed by atoms with Crippen LogP contribution in [-0.2, 0) is 16.1 Å². The summed E-state index contributed by atoms with van der Waals surface area (Å²) in [4.78, 5) is 15.5. The van der Waals surface area contributed by atoms with Crippen LogP contribution in [0, 0.1) is 0 Å². The summed E-state index contributed by atoms with van der Waals surface area (Å²) < 4.78 is 46.2. The molecule has 1 rings (SSSR count). The predicted molar refractivity (Wildman–Crippen MR) is 107 cm³/mol. The maximum Gasteiger partial charge on any atom is 0.573 e. The number of halogens is 4. The second-order valence-electron chi connectivity index (χ2n) is 5.19. The average molecular weight is 503 g/mol. The van der Waals surface area contributed by atoms with Crippen molar-refractivity contribution in [1.29, 1.82) is 0 Å². The van der Waals surface area contributed by atoms with Crippen LogP contribution in [0.5, 0.6) is 5.75 Å². The van der Waals surface area contributed by atoms with Gasteiger partial charge in [-0.05, 0) is 26.3 Å². The number of benzene rings is 1. The molecule has 0 saturated heterocycles. The molecule has 0 unspecified atom stereocenters. The van der Waals surface area contributed by atoms with Crippen LogP contribution in [0.15, 0.2) is 29.3 Å². The van der Waals surface area contributed by atoms with E-state index < -0.39 is 6.36 Å². The lowest BCUT2D eigenvalue weighted by Crippen LogP contribution is -2.37. The molecule has 27 heavy (non-hydrogen) atoms. The van der Waals surface area contributed by atoms with Gasteiger partial charge in [0.25, 0.3) is 0 Å². The van der Waals surface area contributed by atoms with Crippen molar-refractivity contribution < 1.29 is 27.4 Å². The molecule has 0 heterocycles. The molecular formula is C17H25F3IN3O3. The third-order valence-corrected chi connectivity index (χ3v) is 3.11. The minimum absolute atomic E-state index is 0. The monoisotopic (exact) mass is 503 g/mol. The Morgan fingerprint density at radius 2 is 1.89 bits per heavy atom. The number of nitrogens with one attached hydrogen (secondary N) is 2. The van der Waals surface area contributed by atoms with E-state index in [0.29, 0.717) is 37.6 Å². The summed E-state index contributed by atoms with van der Waals surface area (Å²) in [5.74, 6) is -0.102. The molecular weight excluding hydrogens is 478 g/mol. The van der Waals surface area contributed by atoms with E-state index in [0.717, 1.165) is 0 Å². The van der Waals surface area contributed by atoms with Crippen LogP contribution < -0.4 is 15.4 Å². The molecule has 0 fully saturated rings. The molecule has 10 heteroatoms. The van der Waals surface area contributed by atoms with Gasteiger partial charge in [0.05, 0.1) is 13.2 Å². The van der Waals surface area contributed by atoms with Crippen LogP contribution in [0.4, 0.5) is 13.2 Å². The number of aliphatic imine (C=N–C) groups is 1. The van der Waals surface area contributed by atoms with Crippen LogP contribution in [-0.4, -0.2) is 38.0 Å². The van der Waals surface area contributed by atoms with E-state index in [4.69, 9.17) is 4.74 Å². The van der Waals surface area contributed by atoms with Gasteiger partial charge in [-0.25, -0.2) is 4.99 Å². The summed E-state index contributed by atoms with van der Waals surface area (Å²) in [7, 11) is 0. The summed E-state index contributed by atoms with van der Waals surface area (Å²) in [5, 5.41) is 6.02. The lowest BCUT2D eigenvalue weighted by Gasteiger charge is -2.14. The Labute approximate surface area is 173 Å². The molecule has 1 aromatic carbocycles. The summed E-state index contributed by atoms with van der Waals surface area (Å²) in [5.41, 5.74) is 0.313. The zero-order valence-corrected chi connectivity index (χ0v) is 17.6. The molecule has 0 radical (unpaired) electrons. The Balaban J connectivity index is 0.00000676. The van der Waals surface area contributed by atoms with Gasteiger partial charge in [-0.2, -0.15) is 0 Å². The predicted octanol–water partition coefficient (Wildman–Crippen LogP) is 3.60. The first-order chi connectivity index (χ1) is 12.4.